The fourth-order valence-electron chi connectivity index (χ4n) is 2.65. The average molecular weight is 332 g/mol. The van der Waals surface area contributed by atoms with Crippen LogP contribution in [0.15, 0.2) is 46.9 Å². The summed E-state index contributed by atoms with van der Waals surface area (Å²) in [6.45, 7) is 8.74. The third-order valence-electron chi connectivity index (χ3n) is 3.62. The highest BCUT2D eigenvalue weighted by Gasteiger charge is 2.13. The smallest absolute Gasteiger partial charge is 0.0308 e. The zero-order valence-corrected chi connectivity index (χ0v) is 14.2. The van der Waals surface area contributed by atoms with Crippen molar-refractivity contribution in [2.24, 2.45) is 0 Å². The van der Waals surface area contributed by atoms with E-state index >= 15 is 0 Å². The van der Waals surface area contributed by atoms with E-state index in [4.69, 9.17) is 0 Å². The molecule has 0 aliphatic carbocycles. The summed E-state index contributed by atoms with van der Waals surface area (Å²) in [5.74, 6) is 0. The van der Waals surface area contributed by atoms with Crippen molar-refractivity contribution < 1.29 is 0 Å². The highest BCUT2D eigenvalue weighted by Crippen LogP contribution is 2.26. The van der Waals surface area contributed by atoms with E-state index in [1.54, 1.807) is 0 Å². The molecule has 2 aromatic carbocycles. The lowest BCUT2D eigenvalue weighted by molar-refractivity contribution is 0.493. The Bertz CT molecular complexity index is 571. The molecule has 1 nitrogen and oxygen atoms in total. The van der Waals surface area contributed by atoms with Gasteiger partial charge in [0, 0.05) is 16.6 Å². The van der Waals surface area contributed by atoms with E-state index in [1.165, 1.54) is 22.3 Å². The van der Waals surface area contributed by atoms with Crippen molar-refractivity contribution >= 4 is 15.9 Å². The summed E-state index contributed by atoms with van der Waals surface area (Å²) in [5, 5.41) is 3.68. The van der Waals surface area contributed by atoms with Gasteiger partial charge in [0.2, 0.25) is 0 Å². The number of benzene rings is 2. The van der Waals surface area contributed by atoms with Crippen LogP contribution in [0.2, 0.25) is 0 Å². The van der Waals surface area contributed by atoms with Crippen molar-refractivity contribution in [1.82, 2.24) is 5.32 Å². The lowest BCUT2D eigenvalue weighted by Gasteiger charge is -2.22. The Morgan fingerprint density at radius 2 is 1.50 bits per heavy atom. The molecule has 0 fully saturated rings. The van der Waals surface area contributed by atoms with Crippen LogP contribution in [0.3, 0.4) is 0 Å². The molecule has 2 aromatic rings. The van der Waals surface area contributed by atoms with Crippen LogP contribution in [0.1, 0.15) is 48.2 Å². The zero-order chi connectivity index (χ0) is 14.7. The molecule has 2 rings (SSSR count). The first kappa shape index (κ1) is 15.3. The van der Waals surface area contributed by atoms with Gasteiger partial charge in [0.15, 0.2) is 0 Å². The number of nitrogens with one attached hydrogen (secondary N) is 1. The van der Waals surface area contributed by atoms with E-state index in [0.29, 0.717) is 12.1 Å². The lowest BCUT2D eigenvalue weighted by Crippen LogP contribution is -2.22. The van der Waals surface area contributed by atoms with Crippen LogP contribution in [-0.4, -0.2) is 0 Å². The molecular formula is C18H22BrN. The predicted octanol–water partition coefficient (Wildman–Crippen LogP) is 5.48. The summed E-state index contributed by atoms with van der Waals surface area (Å²) in [7, 11) is 0. The summed E-state index contributed by atoms with van der Waals surface area (Å²) < 4.78 is 1.16. The number of halogens is 1. The molecule has 106 valence electrons. The molecule has 0 saturated heterocycles. The van der Waals surface area contributed by atoms with Crippen molar-refractivity contribution in [3.05, 3.63) is 69.2 Å². The van der Waals surface area contributed by atoms with Crippen LogP contribution in [0.5, 0.6) is 0 Å². The Balaban J connectivity index is 2.15. The van der Waals surface area contributed by atoms with Gasteiger partial charge in [-0.1, -0.05) is 63.5 Å². The Morgan fingerprint density at radius 1 is 0.900 bits per heavy atom. The third-order valence-corrected chi connectivity index (χ3v) is 4.34. The van der Waals surface area contributed by atoms with E-state index in [2.05, 4.69) is 85.3 Å². The highest BCUT2D eigenvalue weighted by molar-refractivity contribution is 9.10. The molecule has 0 aromatic heterocycles. The molecular weight excluding hydrogens is 310 g/mol. The summed E-state index contributed by atoms with van der Waals surface area (Å²) >= 11 is 3.63. The summed E-state index contributed by atoms with van der Waals surface area (Å²) in [6, 6.07) is 15.8. The maximum atomic E-state index is 3.68. The number of aryl methyl sites for hydroxylation is 2. The van der Waals surface area contributed by atoms with Crippen LogP contribution in [0, 0.1) is 13.8 Å². The van der Waals surface area contributed by atoms with Gasteiger partial charge in [0.1, 0.15) is 0 Å². The highest BCUT2D eigenvalue weighted by atomic mass is 79.9. The average Bonchev–Trinajstić information content (AvgIpc) is 2.37. The second-order valence-electron chi connectivity index (χ2n) is 5.55. The normalized spacial score (nSPS) is 14.1. The fraction of sp³-hybridized carbons (Fsp3) is 0.333. The van der Waals surface area contributed by atoms with Gasteiger partial charge in [-0.2, -0.15) is 0 Å². The van der Waals surface area contributed by atoms with Crippen molar-refractivity contribution in [3.8, 4) is 0 Å². The number of hydrogen-bond acceptors (Lipinski definition) is 1. The summed E-state index contributed by atoms with van der Waals surface area (Å²) in [6.07, 6.45) is 0. The number of hydrogen-bond donors (Lipinski definition) is 1. The quantitative estimate of drug-likeness (QED) is 0.782. The Labute approximate surface area is 130 Å². The Hall–Kier alpha value is -1.12. The molecule has 1 unspecified atom stereocenters. The molecule has 20 heavy (non-hydrogen) atoms. The van der Waals surface area contributed by atoms with Gasteiger partial charge in [-0.15, -0.1) is 0 Å². The van der Waals surface area contributed by atoms with E-state index < -0.39 is 0 Å². The van der Waals surface area contributed by atoms with Gasteiger partial charge in [-0.25, -0.2) is 0 Å². The molecule has 2 atom stereocenters. The molecule has 0 heterocycles. The molecule has 0 radical (unpaired) electrons. The van der Waals surface area contributed by atoms with Crippen LogP contribution in [0.4, 0.5) is 0 Å². The minimum Gasteiger partial charge on any atom is -0.304 e. The SMILES string of the molecule is Cc1cc(C)cc(C(C)N[C@@H](C)c2ccccc2Br)c1. The van der Waals surface area contributed by atoms with E-state index in [0.717, 1.165) is 4.47 Å². The Kier molecular flexibility index (Phi) is 5.00. The van der Waals surface area contributed by atoms with Gasteiger partial charge in [0.05, 0.1) is 0 Å². The van der Waals surface area contributed by atoms with Crippen molar-refractivity contribution in [2.45, 2.75) is 39.8 Å². The van der Waals surface area contributed by atoms with Gasteiger partial charge in [0.25, 0.3) is 0 Å². The van der Waals surface area contributed by atoms with Crippen LogP contribution in [-0.2, 0) is 0 Å². The largest absolute Gasteiger partial charge is 0.304 e. The second kappa shape index (κ2) is 6.55. The van der Waals surface area contributed by atoms with Crippen molar-refractivity contribution in [3.63, 3.8) is 0 Å². The first-order valence-electron chi connectivity index (χ1n) is 7.06. The summed E-state index contributed by atoms with van der Waals surface area (Å²) in [5.41, 5.74) is 5.29. The monoisotopic (exact) mass is 331 g/mol. The Morgan fingerprint density at radius 3 is 2.10 bits per heavy atom. The van der Waals surface area contributed by atoms with E-state index in [-0.39, 0.29) is 0 Å². The minimum absolute atomic E-state index is 0.307. The molecule has 2 heteroatoms. The lowest BCUT2D eigenvalue weighted by atomic mass is 10.0. The van der Waals surface area contributed by atoms with Crippen LogP contribution >= 0.6 is 15.9 Å². The molecule has 1 N–H and O–H groups in total. The molecule has 0 bridgehead atoms. The minimum atomic E-state index is 0.307. The van der Waals surface area contributed by atoms with Crippen molar-refractivity contribution in [2.75, 3.05) is 0 Å². The first-order valence-corrected chi connectivity index (χ1v) is 7.85. The molecule has 0 saturated carbocycles. The molecule has 0 aliphatic rings. The topological polar surface area (TPSA) is 12.0 Å². The van der Waals surface area contributed by atoms with Crippen LogP contribution in [0.25, 0.3) is 0 Å². The molecule has 0 spiro atoms. The van der Waals surface area contributed by atoms with E-state index in [1.807, 2.05) is 6.07 Å². The fourth-order valence-corrected chi connectivity index (χ4v) is 3.28. The van der Waals surface area contributed by atoms with Gasteiger partial charge in [-0.05, 0) is 44.9 Å². The number of rotatable bonds is 4. The summed E-state index contributed by atoms with van der Waals surface area (Å²) in [4.78, 5) is 0. The second-order valence-corrected chi connectivity index (χ2v) is 6.41. The van der Waals surface area contributed by atoms with E-state index in [9.17, 15) is 0 Å². The predicted molar refractivity (Wildman–Crippen MR) is 90.0 cm³/mol. The van der Waals surface area contributed by atoms with Crippen LogP contribution < -0.4 is 5.32 Å². The third kappa shape index (κ3) is 3.71. The maximum absolute atomic E-state index is 3.68. The molecule has 0 aliphatic heterocycles. The van der Waals surface area contributed by atoms with Gasteiger partial charge >= 0.3 is 0 Å². The van der Waals surface area contributed by atoms with Gasteiger partial charge in [-0.3, -0.25) is 0 Å². The standard InChI is InChI=1S/C18H22BrN/c1-12-9-13(2)11-16(10-12)14(3)20-15(4)17-7-5-6-8-18(17)19/h5-11,14-15,20H,1-4H3/t14?,15-/m0/s1. The van der Waals surface area contributed by atoms with Gasteiger partial charge < -0.3 is 5.32 Å². The zero-order valence-electron chi connectivity index (χ0n) is 12.6. The first-order chi connectivity index (χ1) is 9.47. The van der Waals surface area contributed by atoms with Crippen molar-refractivity contribution in [1.29, 1.82) is 0 Å². The molecule has 0 amide bonds. The maximum Gasteiger partial charge on any atom is 0.0308 e.